The van der Waals surface area contributed by atoms with Crippen molar-refractivity contribution in [1.29, 1.82) is 0 Å². The van der Waals surface area contributed by atoms with Gasteiger partial charge >= 0.3 is 5.97 Å². The summed E-state index contributed by atoms with van der Waals surface area (Å²) < 4.78 is 37.7. The number of likely N-dealkylation sites (N-methyl/N-ethyl adjacent to an activating group) is 1. The Morgan fingerprint density at radius 1 is 1.19 bits per heavy atom. The van der Waals surface area contributed by atoms with Crippen molar-refractivity contribution in [2.75, 3.05) is 44.7 Å². The van der Waals surface area contributed by atoms with Crippen molar-refractivity contribution >= 4 is 22.6 Å². The predicted octanol–water partition coefficient (Wildman–Crippen LogP) is 3.24. The number of aromatic nitrogens is 1. The predicted molar refractivity (Wildman–Crippen MR) is 114 cm³/mol. The number of ether oxygens (including phenoxy) is 1. The van der Waals surface area contributed by atoms with Crippen molar-refractivity contribution < 1.29 is 18.3 Å². The summed E-state index contributed by atoms with van der Waals surface area (Å²) in [6, 6.07) is 1.07. The number of benzene rings is 1. The van der Waals surface area contributed by atoms with Gasteiger partial charge in [-0.1, -0.05) is 0 Å². The highest BCUT2D eigenvalue weighted by Crippen LogP contribution is 2.40. The second kappa shape index (κ2) is 7.44. The maximum absolute atomic E-state index is 15.9. The average molecular weight is 429 g/mol. The van der Waals surface area contributed by atoms with Crippen LogP contribution in [0.4, 0.5) is 14.5 Å². The smallest absolute Gasteiger partial charge is 0.343 e. The number of hydrogen-bond acceptors (Lipinski definition) is 5. The number of carbonyl (C=O) groups excluding carboxylic acids is 1. The number of anilines is 1. The third kappa shape index (κ3) is 3.33. The highest BCUT2D eigenvalue weighted by molar-refractivity contribution is 5.95. The molecule has 0 amide bonds. The quantitative estimate of drug-likeness (QED) is 0.552. The molecular formula is C23H25F2N3O3. The molecule has 0 atom stereocenters. The van der Waals surface area contributed by atoms with Crippen molar-refractivity contribution in [2.45, 2.75) is 32.2 Å². The Bertz CT molecular complexity index is 1180. The van der Waals surface area contributed by atoms with Gasteiger partial charge in [-0.25, -0.2) is 13.6 Å². The Balaban J connectivity index is 1.64. The molecule has 0 saturated heterocycles. The number of pyridine rings is 1. The summed E-state index contributed by atoms with van der Waals surface area (Å²) in [7, 11) is 2.04. The number of fused-ring (bicyclic) bond motifs is 1. The molecule has 0 radical (unpaired) electrons. The van der Waals surface area contributed by atoms with Gasteiger partial charge in [0.25, 0.3) is 0 Å². The topological polar surface area (TPSA) is 54.8 Å². The molecule has 1 fully saturated rings. The van der Waals surface area contributed by atoms with E-state index in [-0.39, 0.29) is 34.8 Å². The van der Waals surface area contributed by atoms with Crippen LogP contribution in [0.2, 0.25) is 0 Å². The molecule has 2 aromatic rings. The molecular weight excluding hydrogens is 404 g/mol. The maximum atomic E-state index is 15.9. The van der Waals surface area contributed by atoms with E-state index in [4.69, 9.17) is 4.74 Å². The first-order valence-corrected chi connectivity index (χ1v) is 10.8. The second-order valence-corrected chi connectivity index (χ2v) is 8.70. The van der Waals surface area contributed by atoms with Crippen LogP contribution in [0.25, 0.3) is 10.9 Å². The Labute approximate surface area is 178 Å². The van der Waals surface area contributed by atoms with Crippen molar-refractivity contribution in [1.82, 2.24) is 9.47 Å². The first kappa shape index (κ1) is 20.2. The van der Waals surface area contributed by atoms with Gasteiger partial charge in [-0.15, -0.1) is 0 Å². The molecule has 1 aliphatic carbocycles. The molecule has 1 aromatic carbocycles. The minimum absolute atomic E-state index is 0.0114. The van der Waals surface area contributed by atoms with Gasteiger partial charge in [-0.2, -0.15) is 0 Å². The molecule has 164 valence electrons. The molecule has 8 heteroatoms. The Kier molecular flexibility index (Phi) is 4.84. The van der Waals surface area contributed by atoms with Gasteiger partial charge in [0.15, 0.2) is 5.82 Å². The van der Waals surface area contributed by atoms with E-state index in [0.29, 0.717) is 13.1 Å². The fourth-order valence-electron chi connectivity index (χ4n) is 4.76. The summed E-state index contributed by atoms with van der Waals surface area (Å²) >= 11 is 0. The summed E-state index contributed by atoms with van der Waals surface area (Å²) in [6.07, 6.45) is 3.92. The molecule has 31 heavy (non-hydrogen) atoms. The second-order valence-electron chi connectivity index (χ2n) is 8.70. The minimum atomic E-state index is -0.779. The molecule has 0 spiro atoms. The number of carbonyl (C=O) groups is 1. The highest BCUT2D eigenvalue weighted by atomic mass is 19.1. The van der Waals surface area contributed by atoms with Crippen LogP contribution in [0.15, 0.2) is 28.2 Å². The molecule has 6 nitrogen and oxygen atoms in total. The minimum Gasteiger partial charge on any atom is -0.462 e. The third-order valence-electron chi connectivity index (χ3n) is 6.46. The van der Waals surface area contributed by atoms with Crippen molar-refractivity contribution in [3.8, 4) is 0 Å². The lowest BCUT2D eigenvalue weighted by Gasteiger charge is -2.23. The van der Waals surface area contributed by atoms with E-state index in [9.17, 15) is 9.59 Å². The lowest BCUT2D eigenvalue weighted by Crippen LogP contribution is -2.28. The van der Waals surface area contributed by atoms with Crippen molar-refractivity contribution in [3.63, 3.8) is 0 Å². The summed E-state index contributed by atoms with van der Waals surface area (Å²) in [6.45, 7) is 4.48. The largest absolute Gasteiger partial charge is 0.462 e. The molecule has 5 rings (SSSR count). The summed E-state index contributed by atoms with van der Waals surface area (Å²) in [5.74, 6) is -2.28. The van der Waals surface area contributed by atoms with Crippen molar-refractivity contribution in [3.05, 3.63) is 50.8 Å². The normalized spacial score (nSPS) is 19.3. The molecule has 3 heterocycles. The highest BCUT2D eigenvalue weighted by Gasteiger charge is 2.33. The zero-order chi connectivity index (χ0) is 21.9. The lowest BCUT2D eigenvalue weighted by atomic mass is 10.0. The maximum Gasteiger partial charge on any atom is 0.343 e. The van der Waals surface area contributed by atoms with Crippen LogP contribution in [-0.4, -0.2) is 55.3 Å². The van der Waals surface area contributed by atoms with Crippen LogP contribution >= 0.6 is 0 Å². The Morgan fingerprint density at radius 2 is 1.94 bits per heavy atom. The first-order valence-electron chi connectivity index (χ1n) is 10.8. The van der Waals surface area contributed by atoms with E-state index >= 15 is 8.78 Å². The summed E-state index contributed by atoms with van der Waals surface area (Å²) in [4.78, 5) is 29.2. The Hall–Kier alpha value is -2.74. The molecule has 3 aliphatic rings. The van der Waals surface area contributed by atoms with Gasteiger partial charge in [0.05, 0.1) is 17.5 Å². The van der Waals surface area contributed by atoms with Crippen LogP contribution < -0.4 is 10.3 Å². The van der Waals surface area contributed by atoms with Gasteiger partial charge in [0, 0.05) is 38.4 Å². The van der Waals surface area contributed by atoms with Crippen molar-refractivity contribution in [2.24, 2.45) is 0 Å². The fourth-order valence-corrected chi connectivity index (χ4v) is 4.76. The van der Waals surface area contributed by atoms with E-state index in [0.717, 1.165) is 38.4 Å². The number of rotatable bonds is 4. The van der Waals surface area contributed by atoms with E-state index < -0.39 is 23.0 Å². The molecule has 0 N–H and O–H groups in total. The van der Waals surface area contributed by atoms with Crippen LogP contribution in [0.3, 0.4) is 0 Å². The van der Waals surface area contributed by atoms with Crippen LogP contribution in [0.5, 0.6) is 0 Å². The van der Waals surface area contributed by atoms with E-state index in [1.54, 1.807) is 16.4 Å². The number of halogens is 2. The van der Waals surface area contributed by atoms with Gasteiger partial charge < -0.3 is 19.1 Å². The van der Waals surface area contributed by atoms with Gasteiger partial charge in [0.2, 0.25) is 5.43 Å². The average Bonchev–Trinajstić information content (AvgIpc) is 3.48. The molecule has 2 aliphatic heterocycles. The van der Waals surface area contributed by atoms with Gasteiger partial charge in [0.1, 0.15) is 17.1 Å². The van der Waals surface area contributed by atoms with E-state index in [1.807, 2.05) is 7.05 Å². The van der Waals surface area contributed by atoms with E-state index in [1.165, 1.54) is 17.3 Å². The molecule has 1 saturated carbocycles. The number of nitrogens with zero attached hydrogens (tertiary/aromatic N) is 3. The van der Waals surface area contributed by atoms with Crippen LogP contribution in [0.1, 0.15) is 42.6 Å². The SMILES string of the molecule is CCOC(=O)c1cn(C2CC2)c2c(F)c(N3CC4=C(CN(C)CC4)C3)c(F)cc2c1=O. The molecule has 0 bridgehead atoms. The molecule has 1 aromatic heterocycles. The standard InChI is InChI=1S/C23H25F2N3O3/c1-3-31-23(30)17-12-28(15-4-5-15)20-16(22(17)29)8-18(24)21(19(20)25)27-10-13-6-7-26(2)9-14(13)11-27/h8,12,15H,3-7,9-11H2,1-2H3. The molecule has 0 unspecified atom stereocenters. The van der Waals surface area contributed by atoms with E-state index in [2.05, 4.69) is 4.90 Å². The monoisotopic (exact) mass is 429 g/mol. The fraction of sp³-hybridized carbons (Fsp3) is 0.478. The third-order valence-corrected chi connectivity index (χ3v) is 6.46. The lowest BCUT2D eigenvalue weighted by molar-refractivity contribution is 0.0524. The van der Waals surface area contributed by atoms with Gasteiger partial charge in [-0.05, 0) is 50.4 Å². The summed E-state index contributed by atoms with van der Waals surface area (Å²) in [5.41, 5.74) is 1.55. The Morgan fingerprint density at radius 3 is 2.65 bits per heavy atom. The summed E-state index contributed by atoms with van der Waals surface area (Å²) in [5, 5.41) is -0.118. The number of hydrogen-bond donors (Lipinski definition) is 0. The number of esters is 1. The van der Waals surface area contributed by atoms with Crippen LogP contribution in [0, 0.1) is 11.6 Å². The zero-order valence-corrected chi connectivity index (χ0v) is 17.7. The first-order chi connectivity index (χ1) is 14.9. The van der Waals surface area contributed by atoms with Gasteiger partial charge in [-0.3, -0.25) is 4.79 Å². The zero-order valence-electron chi connectivity index (χ0n) is 17.7. The van der Waals surface area contributed by atoms with Crippen LogP contribution in [-0.2, 0) is 4.74 Å².